The molecule has 5 heteroatoms. The zero-order valence-electron chi connectivity index (χ0n) is 17.4. The molecule has 25 heavy (non-hydrogen) atoms. The van der Waals surface area contributed by atoms with E-state index < -0.39 is 0 Å². The summed E-state index contributed by atoms with van der Waals surface area (Å²) in [6, 6.07) is 0. The monoisotopic (exact) mass is 361 g/mol. The molecular weight excluding hydrogens is 318 g/mol. The number of hydrogen-bond donors (Lipinski definition) is 1. The second-order valence-corrected chi connectivity index (χ2v) is 5.83. The molecule has 0 fully saturated rings. The highest BCUT2D eigenvalue weighted by atomic mass is 16.5. The molecule has 0 aliphatic heterocycles. The molecule has 0 radical (unpaired) electrons. The number of carbonyl (C=O) groups excluding carboxylic acids is 2. The molecule has 0 aromatic heterocycles. The van der Waals surface area contributed by atoms with Crippen molar-refractivity contribution in [3.05, 3.63) is 0 Å². The number of rotatable bonds is 12. The molecule has 0 unspecified atom stereocenters. The van der Waals surface area contributed by atoms with E-state index in [4.69, 9.17) is 5.73 Å². The first-order valence-electron chi connectivity index (χ1n) is 9.87. The van der Waals surface area contributed by atoms with Crippen LogP contribution in [-0.4, -0.2) is 32.7 Å². The van der Waals surface area contributed by atoms with Crippen molar-refractivity contribution in [3.8, 4) is 0 Å². The number of methoxy groups -OCH3 is 2. The topological polar surface area (TPSA) is 78.6 Å². The maximum atomic E-state index is 9.96. The summed E-state index contributed by atoms with van der Waals surface area (Å²) < 4.78 is 8.52. The summed E-state index contributed by atoms with van der Waals surface area (Å²) in [4.78, 5) is 19.9. The number of esters is 2. The summed E-state index contributed by atoms with van der Waals surface area (Å²) in [5, 5.41) is 0. The predicted molar refractivity (Wildman–Crippen MR) is 106 cm³/mol. The third-order valence-electron chi connectivity index (χ3n) is 3.59. The van der Waals surface area contributed by atoms with Gasteiger partial charge < -0.3 is 15.2 Å². The number of nitrogens with two attached hydrogens (primary N) is 1. The van der Waals surface area contributed by atoms with Crippen molar-refractivity contribution in [3.63, 3.8) is 0 Å². The van der Waals surface area contributed by atoms with Crippen LogP contribution >= 0.6 is 0 Å². The third-order valence-corrected chi connectivity index (χ3v) is 3.59. The zero-order valence-corrected chi connectivity index (χ0v) is 17.4. The van der Waals surface area contributed by atoms with E-state index in [1.807, 2.05) is 0 Å². The average molecular weight is 362 g/mol. The van der Waals surface area contributed by atoms with Crippen LogP contribution in [-0.2, 0) is 19.1 Å². The van der Waals surface area contributed by atoms with Gasteiger partial charge in [-0.05, 0) is 13.0 Å². The van der Waals surface area contributed by atoms with Gasteiger partial charge in [0.05, 0.1) is 14.2 Å². The maximum absolute atomic E-state index is 9.96. The Labute approximate surface area is 156 Å². The van der Waals surface area contributed by atoms with E-state index in [1.165, 1.54) is 78.4 Å². The molecule has 0 aliphatic carbocycles. The molecule has 0 atom stereocenters. The Morgan fingerprint density at radius 1 is 0.640 bits per heavy atom. The Kier molecular flexibility index (Phi) is 31.8. The van der Waals surface area contributed by atoms with Crippen molar-refractivity contribution >= 4 is 11.9 Å². The molecule has 0 amide bonds. The molecule has 0 saturated carbocycles. The molecule has 0 aromatic rings. The molecule has 0 aliphatic rings. The molecule has 0 rings (SSSR count). The first-order valence-corrected chi connectivity index (χ1v) is 9.87. The van der Waals surface area contributed by atoms with Crippen molar-refractivity contribution < 1.29 is 19.1 Å². The van der Waals surface area contributed by atoms with Crippen LogP contribution in [0.5, 0.6) is 0 Å². The van der Waals surface area contributed by atoms with Crippen LogP contribution in [0.2, 0.25) is 0 Å². The molecule has 0 aromatic carbocycles. The summed E-state index contributed by atoms with van der Waals surface area (Å²) in [5.41, 5.74) is 5.42. The average Bonchev–Trinajstić information content (AvgIpc) is 2.66. The lowest BCUT2D eigenvalue weighted by Crippen LogP contribution is -1.97. The Morgan fingerprint density at radius 3 is 1.16 bits per heavy atom. The smallest absolute Gasteiger partial charge is 0.305 e. The molecule has 0 heterocycles. The van der Waals surface area contributed by atoms with Gasteiger partial charge in [0.25, 0.3) is 0 Å². The Morgan fingerprint density at radius 2 is 0.960 bits per heavy atom. The third kappa shape index (κ3) is 35.0. The standard InChI is InChI=1S/C12H27N.2C4H8O2/c1-2-3-4-5-6-7-8-9-10-11-12-13;2*1-3-4(5)6-2/h2-13H2,1H3;2*3H2,1-2H3. The fourth-order valence-electron chi connectivity index (χ4n) is 1.92. The van der Waals surface area contributed by atoms with Crippen LogP contribution in [0.1, 0.15) is 97.8 Å². The highest BCUT2D eigenvalue weighted by molar-refractivity contribution is 5.68. The predicted octanol–water partition coefficient (Wildman–Crippen LogP) is 5.00. The van der Waals surface area contributed by atoms with E-state index in [9.17, 15) is 9.59 Å². The van der Waals surface area contributed by atoms with E-state index in [-0.39, 0.29) is 11.9 Å². The first kappa shape index (κ1) is 28.7. The van der Waals surface area contributed by atoms with Crippen molar-refractivity contribution in [1.82, 2.24) is 0 Å². The lowest BCUT2D eigenvalue weighted by Gasteiger charge is -2.00. The molecule has 5 nitrogen and oxygen atoms in total. The summed E-state index contributed by atoms with van der Waals surface area (Å²) in [6.07, 6.45) is 14.9. The van der Waals surface area contributed by atoms with Gasteiger partial charge in [-0.3, -0.25) is 9.59 Å². The Hall–Kier alpha value is -1.10. The van der Waals surface area contributed by atoms with Gasteiger partial charge in [0, 0.05) is 12.8 Å². The highest BCUT2D eigenvalue weighted by Crippen LogP contribution is 2.09. The van der Waals surface area contributed by atoms with Crippen LogP contribution in [0.4, 0.5) is 0 Å². The lowest BCUT2D eigenvalue weighted by atomic mass is 10.1. The van der Waals surface area contributed by atoms with Gasteiger partial charge in [-0.1, -0.05) is 78.6 Å². The van der Waals surface area contributed by atoms with Crippen molar-refractivity contribution in [2.24, 2.45) is 5.73 Å². The largest absolute Gasteiger partial charge is 0.469 e. The highest BCUT2D eigenvalue weighted by Gasteiger charge is 1.91. The quantitative estimate of drug-likeness (QED) is 0.391. The minimum atomic E-state index is -0.157. The van der Waals surface area contributed by atoms with Crippen molar-refractivity contribution in [2.75, 3.05) is 20.8 Å². The molecular formula is C20H43NO4. The summed E-state index contributed by atoms with van der Waals surface area (Å²) in [5.74, 6) is -0.315. The lowest BCUT2D eigenvalue weighted by molar-refractivity contribution is -0.141. The van der Waals surface area contributed by atoms with Gasteiger partial charge >= 0.3 is 11.9 Å². The summed E-state index contributed by atoms with van der Waals surface area (Å²) in [6.45, 7) is 6.65. The second kappa shape index (κ2) is 27.7. The SMILES string of the molecule is CCC(=O)OC.CCC(=O)OC.CCCCCCCCCCCCN. The maximum Gasteiger partial charge on any atom is 0.305 e. The Bertz CT molecular complexity index is 232. The molecule has 0 saturated heterocycles. The fraction of sp³-hybridized carbons (Fsp3) is 0.900. The molecule has 2 N–H and O–H groups in total. The van der Waals surface area contributed by atoms with Crippen LogP contribution in [0, 0.1) is 0 Å². The molecule has 152 valence electrons. The van der Waals surface area contributed by atoms with Crippen molar-refractivity contribution in [1.29, 1.82) is 0 Å². The zero-order chi connectivity index (χ0) is 19.8. The van der Waals surface area contributed by atoms with E-state index in [0.29, 0.717) is 12.8 Å². The van der Waals surface area contributed by atoms with E-state index in [0.717, 1.165) is 6.54 Å². The molecule has 0 bridgehead atoms. The van der Waals surface area contributed by atoms with Gasteiger partial charge in [0.1, 0.15) is 0 Å². The van der Waals surface area contributed by atoms with E-state index in [2.05, 4.69) is 16.4 Å². The van der Waals surface area contributed by atoms with Gasteiger partial charge in [0.2, 0.25) is 0 Å². The fourth-order valence-corrected chi connectivity index (χ4v) is 1.92. The Balaban J connectivity index is -0.000000336. The number of ether oxygens (including phenoxy) is 2. The van der Waals surface area contributed by atoms with Crippen molar-refractivity contribution in [2.45, 2.75) is 97.8 Å². The van der Waals surface area contributed by atoms with Crippen LogP contribution in [0.15, 0.2) is 0 Å². The number of carbonyl (C=O) groups is 2. The van der Waals surface area contributed by atoms with Gasteiger partial charge in [0.15, 0.2) is 0 Å². The van der Waals surface area contributed by atoms with Crippen LogP contribution < -0.4 is 5.73 Å². The normalized spacial score (nSPS) is 9.20. The summed E-state index contributed by atoms with van der Waals surface area (Å²) >= 11 is 0. The summed E-state index contributed by atoms with van der Waals surface area (Å²) in [7, 11) is 2.76. The number of hydrogen-bond acceptors (Lipinski definition) is 5. The minimum Gasteiger partial charge on any atom is -0.469 e. The van der Waals surface area contributed by atoms with Gasteiger partial charge in [-0.15, -0.1) is 0 Å². The molecule has 0 spiro atoms. The minimum absolute atomic E-state index is 0.157. The van der Waals surface area contributed by atoms with Crippen LogP contribution in [0.25, 0.3) is 0 Å². The first-order chi connectivity index (χ1) is 12.0. The van der Waals surface area contributed by atoms with Crippen LogP contribution in [0.3, 0.4) is 0 Å². The van der Waals surface area contributed by atoms with E-state index in [1.54, 1.807) is 13.8 Å². The van der Waals surface area contributed by atoms with Gasteiger partial charge in [-0.25, -0.2) is 0 Å². The number of unbranched alkanes of at least 4 members (excludes halogenated alkanes) is 9. The van der Waals surface area contributed by atoms with E-state index >= 15 is 0 Å². The van der Waals surface area contributed by atoms with Gasteiger partial charge in [-0.2, -0.15) is 0 Å². The second-order valence-electron chi connectivity index (χ2n) is 5.83.